The van der Waals surface area contributed by atoms with E-state index in [0.29, 0.717) is 19.3 Å². The number of hydrogen-bond donors (Lipinski definition) is 0. The van der Waals surface area contributed by atoms with Crippen molar-refractivity contribution in [1.29, 1.82) is 0 Å². The van der Waals surface area contributed by atoms with Gasteiger partial charge in [-0.2, -0.15) is 0 Å². The summed E-state index contributed by atoms with van der Waals surface area (Å²) in [5.41, 5.74) is 0. The van der Waals surface area contributed by atoms with Crippen molar-refractivity contribution in [2.45, 2.75) is 245 Å². The molecular formula is C49H88O6. The maximum atomic E-state index is 12.7. The predicted molar refractivity (Wildman–Crippen MR) is 233 cm³/mol. The highest BCUT2D eigenvalue weighted by Gasteiger charge is 2.19. The number of esters is 3. The standard InChI is InChI=1S/C49H88O6/c1-4-7-10-13-16-19-22-23-24-25-28-30-33-36-39-42-48(51)54-45-46(55-49(52)43-40-37-34-31-27-21-18-15-12-9-6-3)44-53-47(50)41-38-35-32-29-26-20-17-14-11-8-5-2/h16,19,23-24,28,30,46H,4-15,17-18,20-22,25-27,29,31-45H2,1-3H3/b19-16-,24-23-,30-28-/t46-/m0/s1. The Labute approximate surface area is 340 Å². The van der Waals surface area contributed by atoms with Crippen molar-refractivity contribution in [3.05, 3.63) is 36.5 Å². The average Bonchev–Trinajstić information content (AvgIpc) is 3.18. The van der Waals surface area contributed by atoms with E-state index in [2.05, 4.69) is 57.2 Å². The summed E-state index contributed by atoms with van der Waals surface area (Å²) in [4.78, 5) is 37.7. The minimum atomic E-state index is -0.780. The quantitative estimate of drug-likeness (QED) is 0.0266. The van der Waals surface area contributed by atoms with E-state index in [1.165, 1.54) is 128 Å². The van der Waals surface area contributed by atoms with Crippen LogP contribution in [0.4, 0.5) is 0 Å². The summed E-state index contributed by atoms with van der Waals surface area (Å²) < 4.78 is 16.7. The van der Waals surface area contributed by atoms with Crippen molar-refractivity contribution in [1.82, 2.24) is 0 Å². The molecule has 0 radical (unpaired) electrons. The average molecular weight is 773 g/mol. The highest BCUT2D eigenvalue weighted by molar-refractivity contribution is 5.71. The van der Waals surface area contributed by atoms with E-state index >= 15 is 0 Å². The van der Waals surface area contributed by atoms with Gasteiger partial charge >= 0.3 is 17.9 Å². The molecule has 0 fully saturated rings. The minimum absolute atomic E-state index is 0.0807. The molecule has 0 rings (SSSR count). The van der Waals surface area contributed by atoms with Crippen LogP contribution in [0, 0.1) is 0 Å². The number of ether oxygens (including phenoxy) is 3. The topological polar surface area (TPSA) is 78.9 Å². The molecule has 0 saturated heterocycles. The molecule has 0 aliphatic carbocycles. The van der Waals surface area contributed by atoms with Gasteiger partial charge in [0.15, 0.2) is 6.10 Å². The summed E-state index contributed by atoms with van der Waals surface area (Å²) in [7, 11) is 0. The normalized spacial score (nSPS) is 12.3. The van der Waals surface area contributed by atoms with Gasteiger partial charge in [0.05, 0.1) is 0 Å². The van der Waals surface area contributed by atoms with Crippen LogP contribution in [0.15, 0.2) is 36.5 Å². The third kappa shape index (κ3) is 42.6. The summed E-state index contributed by atoms with van der Waals surface area (Å²) in [5.74, 6) is -0.917. The molecule has 0 N–H and O–H groups in total. The van der Waals surface area contributed by atoms with E-state index in [-0.39, 0.29) is 31.1 Å². The monoisotopic (exact) mass is 773 g/mol. The van der Waals surface area contributed by atoms with E-state index < -0.39 is 6.10 Å². The Morgan fingerprint density at radius 3 is 1.05 bits per heavy atom. The van der Waals surface area contributed by atoms with Crippen LogP contribution in [0.1, 0.15) is 239 Å². The lowest BCUT2D eigenvalue weighted by Gasteiger charge is -2.18. The lowest BCUT2D eigenvalue weighted by atomic mass is 10.1. The highest BCUT2D eigenvalue weighted by atomic mass is 16.6. The third-order valence-electron chi connectivity index (χ3n) is 10.1. The van der Waals surface area contributed by atoms with Crippen LogP contribution in [-0.2, 0) is 28.6 Å². The first-order valence-electron chi connectivity index (χ1n) is 23.5. The van der Waals surface area contributed by atoms with Gasteiger partial charge in [0.25, 0.3) is 0 Å². The molecule has 0 bridgehead atoms. The Balaban J connectivity index is 4.41. The molecule has 0 aromatic carbocycles. The van der Waals surface area contributed by atoms with Gasteiger partial charge in [-0.3, -0.25) is 14.4 Å². The van der Waals surface area contributed by atoms with E-state index in [1.54, 1.807) is 0 Å². The number of carbonyl (C=O) groups excluding carboxylic acids is 3. The molecule has 0 aliphatic heterocycles. The van der Waals surface area contributed by atoms with Gasteiger partial charge in [-0.25, -0.2) is 0 Å². The number of unbranched alkanes of at least 4 members (excludes halogenated alkanes) is 25. The Bertz CT molecular complexity index is 938. The van der Waals surface area contributed by atoms with Crippen LogP contribution in [0.2, 0.25) is 0 Å². The first kappa shape index (κ1) is 52.6. The van der Waals surface area contributed by atoms with Crippen molar-refractivity contribution in [2.24, 2.45) is 0 Å². The molecule has 0 saturated carbocycles. The van der Waals surface area contributed by atoms with Gasteiger partial charge in [-0.1, -0.05) is 198 Å². The smallest absolute Gasteiger partial charge is 0.306 e. The molecule has 320 valence electrons. The Hall–Kier alpha value is -2.37. The maximum absolute atomic E-state index is 12.7. The van der Waals surface area contributed by atoms with Crippen molar-refractivity contribution in [3.63, 3.8) is 0 Å². The van der Waals surface area contributed by atoms with Gasteiger partial charge in [-0.15, -0.1) is 0 Å². The molecule has 0 spiro atoms. The summed E-state index contributed by atoms with van der Waals surface area (Å²) in [6.45, 7) is 6.56. The number of hydrogen-bond acceptors (Lipinski definition) is 6. The maximum Gasteiger partial charge on any atom is 0.306 e. The van der Waals surface area contributed by atoms with Crippen LogP contribution < -0.4 is 0 Å². The van der Waals surface area contributed by atoms with E-state index in [9.17, 15) is 14.4 Å². The number of carbonyl (C=O) groups is 3. The van der Waals surface area contributed by atoms with Crippen LogP contribution in [0.5, 0.6) is 0 Å². The fourth-order valence-corrected chi connectivity index (χ4v) is 6.57. The molecular weight excluding hydrogens is 685 g/mol. The first-order valence-corrected chi connectivity index (χ1v) is 23.5. The first-order chi connectivity index (χ1) is 27.0. The van der Waals surface area contributed by atoms with Crippen molar-refractivity contribution in [3.8, 4) is 0 Å². The van der Waals surface area contributed by atoms with Crippen LogP contribution in [0.25, 0.3) is 0 Å². The largest absolute Gasteiger partial charge is 0.462 e. The predicted octanol–water partition coefficient (Wildman–Crippen LogP) is 15.0. The van der Waals surface area contributed by atoms with Gasteiger partial charge < -0.3 is 14.2 Å². The zero-order valence-corrected chi connectivity index (χ0v) is 36.4. The summed E-state index contributed by atoms with van der Waals surface area (Å²) in [5, 5.41) is 0. The molecule has 0 aliphatic rings. The van der Waals surface area contributed by atoms with Crippen LogP contribution >= 0.6 is 0 Å². The van der Waals surface area contributed by atoms with Crippen LogP contribution in [0.3, 0.4) is 0 Å². The molecule has 0 heterocycles. The Kier molecular flexibility index (Phi) is 42.4. The molecule has 55 heavy (non-hydrogen) atoms. The lowest BCUT2D eigenvalue weighted by Crippen LogP contribution is -2.30. The highest BCUT2D eigenvalue weighted by Crippen LogP contribution is 2.15. The van der Waals surface area contributed by atoms with Gasteiger partial charge in [0.1, 0.15) is 13.2 Å². The Morgan fingerprint density at radius 2 is 0.655 bits per heavy atom. The molecule has 6 heteroatoms. The Morgan fingerprint density at radius 1 is 0.364 bits per heavy atom. The molecule has 6 nitrogen and oxygen atoms in total. The third-order valence-corrected chi connectivity index (χ3v) is 10.1. The SMILES string of the molecule is CCCCC/C=C\C/C=C\C/C=C\CCCCC(=O)OC[C@H](COC(=O)CCCCCCCCCCCCC)OC(=O)CCCCCCCCCCCCC. The van der Waals surface area contributed by atoms with E-state index in [4.69, 9.17) is 14.2 Å². The van der Waals surface area contributed by atoms with Crippen molar-refractivity contribution < 1.29 is 28.6 Å². The lowest BCUT2D eigenvalue weighted by molar-refractivity contribution is -0.167. The van der Waals surface area contributed by atoms with E-state index in [0.717, 1.165) is 70.6 Å². The van der Waals surface area contributed by atoms with Crippen molar-refractivity contribution >= 4 is 17.9 Å². The second kappa shape index (κ2) is 44.3. The fraction of sp³-hybridized carbons (Fsp3) is 0.816. The molecule has 0 amide bonds. The number of rotatable bonds is 42. The summed E-state index contributed by atoms with van der Waals surface area (Å²) in [6, 6.07) is 0. The zero-order valence-electron chi connectivity index (χ0n) is 36.4. The van der Waals surface area contributed by atoms with E-state index in [1.807, 2.05) is 0 Å². The summed E-state index contributed by atoms with van der Waals surface area (Å²) in [6.07, 6.45) is 49.8. The van der Waals surface area contributed by atoms with Gasteiger partial charge in [-0.05, 0) is 57.8 Å². The second-order valence-corrected chi connectivity index (χ2v) is 15.7. The minimum Gasteiger partial charge on any atom is -0.462 e. The fourth-order valence-electron chi connectivity index (χ4n) is 6.57. The molecule has 0 unspecified atom stereocenters. The second-order valence-electron chi connectivity index (χ2n) is 15.7. The molecule has 0 aromatic heterocycles. The van der Waals surface area contributed by atoms with Crippen LogP contribution in [-0.4, -0.2) is 37.2 Å². The van der Waals surface area contributed by atoms with Crippen molar-refractivity contribution in [2.75, 3.05) is 13.2 Å². The summed E-state index contributed by atoms with van der Waals surface area (Å²) >= 11 is 0. The molecule has 0 aromatic rings. The van der Waals surface area contributed by atoms with Gasteiger partial charge in [0, 0.05) is 19.3 Å². The zero-order chi connectivity index (χ0) is 40.1. The van der Waals surface area contributed by atoms with Gasteiger partial charge in [0.2, 0.25) is 0 Å². The molecule has 1 atom stereocenters. The number of allylic oxidation sites excluding steroid dienone is 6.